The molecule has 0 aromatic heterocycles. The molecule has 2 aliphatic rings. The summed E-state index contributed by atoms with van der Waals surface area (Å²) in [6, 6.07) is 0. The van der Waals surface area contributed by atoms with Gasteiger partial charge >= 0.3 is 5.97 Å². The maximum absolute atomic E-state index is 10.5. The van der Waals surface area contributed by atoms with Crippen molar-refractivity contribution < 1.29 is 19.4 Å². The van der Waals surface area contributed by atoms with Crippen LogP contribution >= 0.6 is 0 Å². The highest BCUT2D eigenvalue weighted by molar-refractivity contribution is 5.72. The molecule has 0 aromatic carbocycles. The Kier molecular flexibility index (Phi) is 1.58. The number of hydrogen-bond acceptors (Lipinski definition) is 3. The molecule has 4 nitrogen and oxygen atoms in total. The minimum absolute atomic E-state index is 0.0381. The Morgan fingerprint density at radius 2 is 2.27 bits per heavy atom. The van der Waals surface area contributed by atoms with Crippen molar-refractivity contribution in [3.05, 3.63) is 0 Å². The van der Waals surface area contributed by atoms with Gasteiger partial charge in [-0.2, -0.15) is 0 Å². The Hall–Kier alpha value is -0.610. The largest absolute Gasteiger partial charge is 0.479 e. The van der Waals surface area contributed by atoms with E-state index in [9.17, 15) is 4.79 Å². The number of carbonyl (C=O) groups is 1. The summed E-state index contributed by atoms with van der Waals surface area (Å²) in [5, 5.41) is 8.59. The molecular formula is C7H10O4. The SMILES string of the molecule is O=C(O)C1CC2OCCC2O1. The minimum atomic E-state index is -0.872. The van der Waals surface area contributed by atoms with E-state index in [1.54, 1.807) is 0 Å². The lowest BCUT2D eigenvalue weighted by atomic mass is 10.1. The molecule has 1 N–H and O–H groups in total. The lowest BCUT2D eigenvalue weighted by Crippen LogP contribution is -2.20. The fraction of sp³-hybridized carbons (Fsp3) is 0.857. The highest BCUT2D eigenvalue weighted by atomic mass is 16.6. The van der Waals surface area contributed by atoms with Gasteiger partial charge < -0.3 is 14.6 Å². The maximum Gasteiger partial charge on any atom is 0.332 e. The molecule has 0 aliphatic carbocycles. The lowest BCUT2D eigenvalue weighted by molar-refractivity contribution is -0.149. The summed E-state index contributed by atoms with van der Waals surface area (Å²) < 4.78 is 10.5. The van der Waals surface area contributed by atoms with Gasteiger partial charge in [0.05, 0.1) is 12.2 Å². The lowest BCUT2D eigenvalue weighted by Gasteiger charge is -2.05. The Bertz CT molecular complexity index is 167. The average Bonchev–Trinajstić information content (AvgIpc) is 2.40. The molecule has 11 heavy (non-hydrogen) atoms. The number of carboxylic acid groups (broad SMARTS) is 1. The van der Waals surface area contributed by atoms with E-state index in [0.717, 1.165) is 6.42 Å². The first-order valence-electron chi connectivity index (χ1n) is 3.77. The van der Waals surface area contributed by atoms with Gasteiger partial charge in [0, 0.05) is 13.0 Å². The van der Waals surface area contributed by atoms with Crippen LogP contribution in [0.4, 0.5) is 0 Å². The monoisotopic (exact) mass is 158 g/mol. The van der Waals surface area contributed by atoms with Crippen LogP contribution in [0.3, 0.4) is 0 Å². The summed E-state index contributed by atoms with van der Waals surface area (Å²) in [6.45, 7) is 0.710. The number of aliphatic carboxylic acids is 1. The molecule has 4 heteroatoms. The Balaban J connectivity index is 1.99. The van der Waals surface area contributed by atoms with Crippen molar-refractivity contribution in [3.63, 3.8) is 0 Å². The first-order valence-corrected chi connectivity index (χ1v) is 3.77. The van der Waals surface area contributed by atoms with Crippen LogP contribution in [-0.4, -0.2) is 36.0 Å². The van der Waals surface area contributed by atoms with E-state index in [2.05, 4.69) is 0 Å². The molecule has 0 amide bonds. The van der Waals surface area contributed by atoms with Crippen molar-refractivity contribution in [2.24, 2.45) is 0 Å². The van der Waals surface area contributed by atoms with Crippen molar-refractivity contribution in [1.29, 1.82) is 0 Å². The zero-order valence-corrected chi connectivity index (χ0v) is 6.03. The van der Waals surface area contributed by atoms with E-state index in [0.29, 0.717) is 13.0 Å². The number of hydrogen-bond donors (Lipinski definition) is 1. The van der Waals surface area contributed by atoms with Gasteiger partial charge in [-0.15, -0.1) is 0 Å². The third-order valence-corrected chi connectivity index (χ3v) is 2.21. The average molecular weight is 158 g/mol. The second-order valence-electron chi connectivity index (χ2n) is 2.94. The predicted molar refractivity (Wildman–Crippen MR) is 35.3 cm³/mol. The van der Waals surface area contributed by atoms with Crippen LogP contribution in [0.2, 0.25) is 0 Å². The van der Waals surface area contributed by atoms with Crippen LogP contribution < -0.4 is 0 Å². The highest BCUT2D eigenvalue weighted by Crippen LogP contribution is 2.30. The number of fused-ring (bicyclic) bond motifs is 1. The summed E-state index contributed by atoms with van der Waals surface area (Å²) in [7, 11) is 0. The predicted octanol–water partition coefficient (Wildman–Crippen LogP) is 0.0174. The van der Waals surface area contributed by atoms with Gasteiger partial charge in [-0.25, -0.2) is 4.79 Å². The van der Waals surface area contributed by atoms with Gasteiger partial charge in [0.25, 0.3) is 0 Å². The number of carboxylic acids is 1. The summed E-state index contributed by atoms with van der Waals surface area (Å²) >= 11 is 0. The second kappa shape index (κ2) is 2.46. The first-order chi connectivity index (χ1) is 5.27. The fourth-order valence-electron chi connectivity index (χ4n) is 1.64. The first kappa shape index (κ1) is 7.06. The molecule has 2 aliphatic heterocycles. The Morgan fingerprint density at radius 1 is 1.45 bits per heavy atom. The quantitative estimate of drug-likeness (QED) is 0.584. The highest BCUT2D eigenvalue weighted by Gasteiger charge is 2.42. The molecule has 2 rings (SSSR count). The van der Waals surface area contributed by atoms with Crippen LogP contribution in [0.1, 0.15) is 12.8 Å². The molecule has 3 unspecified atom stereocenters. The zero-order chi connectivity index (χ0) is 7.84. The standard InChI is InChI=1S/C7H10O4/c8-7(9)6-3-5-4(11-6)1-2-10-5/h4-6H,1-3H2,(H,8,9). The van der Waals surface area contributed by atoms with E-state index < -0.39 is 12.1 Å². The Morgan fingerprint density at radius 3 is 2.91 bits per heavy atom. The van der Waals surface area contributed by atoms with Crippen molar-refractivity contribution in [3.8, 4) is 0 Å². The van der Waals surface area contributed by atoms with Crippen molar-refractivity contribution in [2.75, 3.05) is 6.61 Å². The van der Waals surface area contributed by atoms with Gasteiger partial charge in [-0.1, -0.05) is 0 Å². The third kappa shape index (κ3) is 1.12. The smallest absolute Gasteiger partial charge is 0.332 e. The third-order valence-electron chi connectivity index (χ3n) is 2.21. The topological polar surface area (TPSA) is 55.8 Å². The summed E-state index contributed by atoms with van der Waals surface area (Å²) in [5.74, 6) is -0.872. The van der Waals surface area contributed by atoms with E-state index in [-0.39, 0.29) is 12.2 Å². The summed E-state index contributed by atoms with van der Waals surface area (Å²) in [4.78, 5) is 10.5. The zero-order valence-electron chi connectivity index (χ0n) is 6.03. The molecule has 0 bridgehead atoms. The van der Waals surface area contributed by atoms with E-state index in [1.165, 1.54) is 0 Å². The van der Waals surface area contributed by atoms with Crippen LogP contribution in [-0.2, 0) is 14.3 Å². The van der Waals surface area contributed by atoms with Crippen LogP contribution in [0.15, 0.2) is 0 Å². The summed E-state index contributed by atoms with van der Waals surface area (Å²) in [5.41, 5.74) is 0. The van der Waals surface area contributed by atoms with Crippen molar-refractivity contribution in [1.82, 2.24) is 0 Å². The van der Waals surface area contributed by atoms with Gasteiger partial charge in [-0.05, 0) is 6.42 Å². The molecule has 0 spiro atoms. The minimum Gasteiger partial charge on any atom is -0.479 e. The van der Waals surface area contributed by atoms with Gasteiger partial charge in [0.2, 0.25) is 0 Å². The van der Waals surface area contributed by atoms with Crippen LogP contribution in [0, 0.1) is 0 Å². The second-order valence-corrected chi connectivity index (χ2v) is 2.94. The van der Waals surface area contributed by atoms with Crippen molar-refractivity contribution in [2.45, 2.75) is 31.2 Å². The molecule has 0 saturated carbocycles. The molecule has 2 fully saturated rings. The number of ether oxygens (including phenoxy) is 2. The fourth-order valence-corrected chi connectivity index (χ4v) is 1.64. The van der Waals surface area contributed by atoms with Gasteiger partial charge in [-0.3, -0.25) is 0 Å². The van der Waals surface area contributed by atoms with Crippen molar-refractivity contribution >= 4 is 5.97 Å². The molecule has 2 saturated heterocycles. The van der Waals surface area contributed by atoms with Crippen LogP contribution in [0.5, 0.6) is 0 Å². The molecule has 2 heterocycles. The normalized spacial score (nSPS) is 42.4. The Labute approximate surface area is 64.1 Å². The number of rotatable bonds is 1. The van der Waals surface area contributed by atoms with E-state index >= 15 is 0 Å². The van der Waals surface area contributed by atoms with Gasteiger partial charge in [0.15, 0.2) is 6.10 Å². The van der Waals surface area contributed by atoms with Gasteiger partial charge in [0.1, 0.15) is 0 Å². The molecule has 62 valence electrons. The maximum atomic E-state index is 10.5. The molecule has 0 aromatic rings. The summed E-state index contributed by atoms with van der Waals surface area (Å²) in [6.07, 6.45) is 0.798. The molecular weight excluding hydrogens is 148 g/mol. The van der Waals surface area contributed by atoms with Crippen LogP contribution in [0.25, 0.3) is 0 Å². The van der Waals surface area contributed by atoms with E-state index in [4.69, 9.17) is 14.6 Å². The molecule has 0 radical (unpaired) electrons. The van der Waals surface area contributed by atoms with E-state index in [1.807, 2.05) is 0 Å². The molecule has 3 atom stereocenters.